The van der Waals surface area contributed by atoms with Crippen molar-refractivity contribution in [1.29, 1.82) is 0 Å². The molecule has 0 atom stereocenters. The van der Waals surface area contributed by atoms with Gasteiger partial charge < -0.3 is 10.3 Å². The topological polar surface area (TPSA) is 114 Å². The van der Waals surface area contributed by atoms with Crippen molar-refractivity contribution < 1.29 is 8.42 Å². The molecular formula is C20H19N5O2S2. The first-order valence-electron chi connectivity index (χ1n) is 8.80. The minimum atomic E-state index is -3.71. The Morgan fingerprint density at radius 2 is 1.83 bits per heavy atom. The van der Waals surface area contributed by atoms with Crippen LogP contribution in [0.4, 0.5) is 11.5 Å². The smallest absolute Gasteiger partial charge is 0.238 e. The number of fused-ring (bicyclic) bond motifs is 1. The van der Waals surface area contributed by atoms with E-state index in [1.807, 2.05) is 42.8 Å². The molecule has 0 radical (unpaired) electrons. The Balaban J connectivity index is 1.68. The zero-order valence-corrected chi connectivity index (χ0v) is 17.2. The average molecular weight is 426 g/mol. The maximum Gasteiger partial charge on any atom is 0.238 e. The van der Waals surface area contributed by atoms with Crippen LogP contribution < -0.4 is 10.5 Å². The maximum absolute atomic E-state index is 11.4. The van der Waals surface area contributed by atoms with Crippen molar-refractivity contribution in [3.05, 3.63) is 72.2 Å². The highest BCUT2D eigenvalue weighted by molar-refractivity contribution is 7.98. The Labute approximate surface area is 172 Å². The molecule has 2 aromatic heterocycles. The molecule has 4 aromatic rings. The van der Waals surface area contributed by atoms with Crippen molar-refractivity contribution in [2.24, 2.45) is 5.14 Å². The largest absolute Gasteiger partial charge is 0.357 e. The summed E-state index contributed by atoms with van der Waals surface area (Å²) in [5.41, 5.74) is 3.50. The van der Waals surface area contributed by atoms with E-state index >= 15 is 0 Å². The van der Waals surface area contributed by atoms with E-state index in [0.717, 1.165) is 27.2 Å². The summed E-state index contributed by atoms with van der Waals surface area (Å²) < 4.78 is 22.9. The molecule has 4 rings (SSSR count). The lowest BCUT2D eigenvalue weighted by Gasteiger charge is -2.12. The average Bonchev–Trinajstić information content (AvgIpc) is 3.17. The van der Waals surface area contributed by atoms with Crippen LogP contribution in [0.3, 0.4) is 0 Å². The van der Waals surface area contributed by atoms with E-state index in [9.17, 15) is 8.42 Å². The quantitative estimate of drug-likeness (QED) is 0.406. The maximum atomic E-state index is 11.4. The molecule has 0 aliphatic carbocycles. The molecule has 0 bridgehead atoms. The fourth-order valence-corrected chi connectivity index (χ4v) is 4.09. The van der Waals surface area contributed by atoms with Crippen molar-refractivity contribution >= 4 is 44.3 Å². The molecular weight excluding hydrogens is 406 g/mol. The van der Waals surface area contributed by atoms with Crippen LogP contribution in [-0.2, 0) is 16.4 Å². The van der Waals surface area contributed by atoms with Gasteiger partial charge in [-0.1, -0.05) is 24.3 Å². The van der Waals surface area contributed by atoms with E-state index in [4.69, 9.17) is 10.1 Å². The highest BCUT2D eigenvalue weighted by Crippen LogP contribution is 2.29. The first kappa shape index (κ1) is 19.4. The summed E-state index contributed by atoms with van der Waals surface area (Å²) in [4.78, 5) is 13.7. The lowest BCUT2D eigenvalue weighted by Crippen LogP contribution is -2.12. The molecule has 0 aliphatic rings. The number of aromatic nitrogens is 3. The fourth-order valence-electron chi connectivity index (χ4n) is 3.02. The van der Waals surface area contributed by atoms with Crippen LogP contribution in [0.25, 0.3) is 11.0 Å². The van der Waals surface area contributed by atoms with Gasteiger partial charge in [-0.3, -0.25) is 0 Å². The zero-order chi connectivity index (χ0) is 20.4. The Hall–Kier alpha value is -2.88. The van der Waals surface area contributed by atoms with E-state index < -0.39 is 10.0 Å². The van der Waals surface area contributed by atoms with Crippen molar-refractivity contribution in [3.63, 3.8) is 0 Å². The van der Waals surface area contributed by atoms with Gasteiger partial charge in [-0.2, -0.15) is 0 Å². The standard InChI is InChI=1S/C20H19N5O2S2/c1-28-17-5-3-2-4-15(17)24-20-19-16(10-11-22-19)23-18(25-20)12-13-6-8-14(9-7-13)29(21,26)27/h2-11,22H,12H2,1H3,(H2,21,26,27)(H,23,24,25). The van der Waals surface area contributed by atoms with Gasteiger partial charge >= 0.3 is 0 Å². The molecule has 7 nitrogen and oxygen atoms in total. The number of rotatable bonds is 6. The van der Waals surface area contributed by atoms with Crippen LogP contribution in [0.15, 0.2) is 70.6 Å². The van der Waals surface area contributed by atoms with E-state index in [0.29, 0.717) is 18.1 Å². The van der Waals surface area contributed by atoms with Gasteiger partial charge in [0.1, 0.15) is 11.3 Å². The van der Waals surface area contributed by atoms with E-state index in [1.165, 1.54) is 12.1 Å². The number of hydrogen-bond acceptors (Lipinski definition) is 6. The number of anilines is 2. The van der Waals surface area contributed by atoms with Gasteiger partial charge in [0.2, 0.25) is 10.0 Å². The zero-order valence-electron chi connectivity index (χ0n) is 15.6. The van der Waals surface area contributed by atoms with Gasteiger partial charge in [0, 0.05) is 17.5 Å². The second kappa shape index (κ2) is 7.86. The van der Waals surface area contributed by atoms with Crippen LogP contribution in [0.2, 0.25) is 0 Å². The van der Waals surface area contributed by atoms with Crippen molar-refractivity contribution in [2.75, 3.05) is 11.6 Å². The fraction of sp³-hybridized carbons (Fsp3) is 0.100. The molecule has 0 spiro atoms. The summed E-state index contributed by atoms with van der Waals surface area (Å²) in [6.07, 6.45) is 4.32. The molecule has 4 N–H and O–H groups in total. The normalized spacial score (nSPS) is 11.7. The summed E-state index contributed by atoms with van der Waals surface area (Å²) in [5, 5.41) is 8.57. The minimum Gasteiger partial charge on any atom is -0.357 e. The highest BCUT2D eigenvalue weighted by Gasteiger charge is 2.12. The molecule has 0 saturated carbocycles. The van der Waals surface area contributed by atoms with E-state index in [2.05, 4.69) is 15.3 Å². The number of nitrogens with zero attached hydrogens (tertiary/aromatic N) is 2. The van der Waals surface area contributed by atoms with Gasteiger partial charge in [-0.25, -0.2) is 23.5 Å². The van der Waals surface area contributed by atoms with Crippen LogP contribution in [0, 0.1) is 0 Å². The molecule has 0 fully saturated rings. The summed E-state index contributed by atoms with van der Waals surface area (Å²) in [6, 6.07) is 16.4. The SMILES string of the molecule is CSc1ccccc1Nc1nc(Cc2ccc(S(N)(=O)=O)cc2)nc2cc[nH]c12. The Morgan fingerprint density at radius 3 is 2.55 bits per heavy atom. The number of hydrogen-bond donors (Lipinski definition) is 3. The molecule has 2 heterocycles. The number of nitrogens with one attached hydrogen (secondary N) is 2. The van der Waals surface area contributed by atoms with Crippen molar-refractivity contribution in [2.45, 2.75) is 16.2 Å². The number of sulfonamides is 1. The number of thioether (sulfide) groups is 1. The van der Waals surface area contributed by atoms with Crippen LogP contribution in [0.5, 0.6) is 0 Å². The Bertz CT molecular complexity index is 1270. The molecule has 9 heteroatoms. The third kappa shape index (κ3) is 4.26. The molecule has 148 valence electrons. The second-order valence-corrected chi connectivity index (χ2v) is 8.83. The first-order valence-corrected chi connectivity index (χ1v) is 11.6. The summed E-state index contributed by atoms with van der Waals surface area (Å²) in [6.45, 7) is 0. The number of primary sulfonamides is 1. The number of nitrogens with two attached hydrogens (primary N) is 1. The van der Waals surface area contributed by atoms with Crippen molar-refractivity contribution in [1.82, 2.24) is 15.0 Å². The van der Waals surface area contributed by atoms with Gasteiger partial charge in [0.25, 0.3) is 0 Å². The lowest BCUT2D eigenvalue weighted by atomic mass is 10.1. The van der Waals surface area contributed by atoms with Gasteiger partial charge in [-0.15, -0.1) is 11.8 Å². The third-order valence-corrected chi connectivity index (χ3v) is 6.15. The van der Waals surface area contributed by atoms with Gasteiger partial charge in [0.15, 0.2) is 5.82 Å². The summed E-state index contributed by atoms with van der Waals surface area (Å²) >= 11 is 1.66. The monoisotopic (exact) mass is 425 g/mol. The molecule has 29 heavy (non-hydrogen) atoms. The van der Waals surface area contributed by atoms with Crippen LogP contribution in [-0.4, -0.2) is 29.6 Å². The van der Waals surface area contributed by atoms with E-state index in [1.54, 1.807) is 23.9 Å². The van der Waals surface area contributed by atoms with Crippen LogP contribution >= 0.6 is 11.8 Å². The highest BCUT2D eigenvalue weighted by atomic mass is 32.2. The number of benzene rings is 2. The number of H-pyrrole nitrogens is 1. The molecule has 0 unspecified atom stereocenters. The van der Waals surface area contributed by atoms with Crippen molar-refractivity contribution in [3.8, 4) is 0 Å². The third-order valence-electron chi connectivity index (χ3n) is 4.43. The Kier molecular flexibility index (Phi) is 5.27. The predicted molar refractivity (Wildman–Crippen MR) is 116 cm³/mol. The molecule has 0 amide bonds. The number of aromatic amines is 1. The van der Waals surface area contributed by atoms with E-state index in [-0.39, 0.29) is 4.90 Å². The Morgan fingerprint density at radius 1 is 1.07 bits per heavy atom. The van der Waals surface area contributed by atoms with Gasteiger partial charge in [-0.05, 0) is 42.2 Å². The first-order chi connectivity index (χ1) is 13.9. The van der Waals surface area contributed by atoms with Crippen LogP contribution in [0.1, 0.15) is 11.4 Å². The number of para-hydroxylation sites is 1. The molecule has 2 aromatic carbocycles. The molecule has 0 aliphatic heterocycles. The minimum absolute atomic E-state index is 0.0827. The second-order valence-electron chi connectivity index (χ2n) is 6.42. The molecule has 0 saturated heterocycles. The lowest BCUT2D eigenvalue weighted by molar-refractivity contribution is 0.598. The van der Waals surface area contributed by atoms with Gasteiger partial charge in [0.05, 0.1) is 16.1 Å². The predicted octanol–water partition coefficient (Wildman–Crippen LogP) is 3.66. The summed E-state index contributed by atoms with van der Waals surface area (Å²) in [7, 11) is -3.71. The summed E-state index contributed by atoms with van der Waals surface area (Å²) in [5.74, 6) is 1.32.